The van der Waals surface area contributed by atoms with Gasteiger partial charge in [-0.25, -0.2) is 0 Å². The summed E-state index contributed by atoms with van der Waals surface area (Å²) in [7, 11) is 0. The van der Waals surface area contributed by atoms with Gasteiger partial charge in [-0.15, -0.1) is 0 Å². The molecular formula is C20H20N2O3. The van der Waals surface area contributed by atoms with Gasteiger partial charge in [0.05, 0.1) is 11.6 Å². The average molecular weight is 336 g/mol. The van der Waals surface area contributed by atoms with Crippen molar-refractivity contribution in [1.29, 1.82) is 0 Å². The molecular weight excluding hydrogens is 316 g/mol. The van der Waals surface area contributed by atoms with Gasteiger partial charge in [-0.3, -0.25) is 14.6 Å². The van der Waals surface area contributed by atoms with Crippen LogP contribution in [0.5, 0.6) is 0 Å². The minimum atomic E-state index is -0.556. The van der Waals surface area contributed by atoms with Gasteiger partial charge < -0.3 is 9.64 Å². The fourth-order valence-electron chi connectivity index (χ4n) is 3.30. The molecule has 128 valence electrons. The van der Waals surface area contributed by atoms with Crippen LogP contribution < -0.4 is 0 Å². The predicted molar refractivity (Wildman–Crippen MR) is 91.5 cm³/mol. The Kier molecular flexibility index (Phi) is 4.22. The number of ether oxygens (including phenoxy) is 1. The van der Waals surface area contributed by atoms with E-state index in [4.69, 9.17) is 4.74 Å². The van der Waals surface area contributed by atoms with Crippen molar-refractivity contribution in [2.45, 2.75) is 31.4 Å². The Balaban J connectivity index is 1.53. The average Bonchev–Trinajstić information content (AvgIpc) is 3.42. The SMILES string of the molecule is O=C(O[C@@H](c1ccccc1)c1ccccn1)[C@H]1CC(=O)N(C2CC2)C1. The summed E-state index contributed by atoms with van der Waals surface area (Å²) in [5.41, 5.74) is 1.56. The van der Waals surface area contributed by atoms with Crippen molar-refractivity contribution >= 4 is 11.9 Å². The molecule has 1 aromatic heterocycles. The third-order valence-electron chi connectivity index (χ3n) is 4.77. The molecule has 2 aliphatic rings. The van der Waals surface area contributed by atoms with E-state index in [0.717, 1.165) is 18.4 Å². The lowest BCUT2D eigenvalue weighted by Crippen LogP contribution is -2.29. The van der Waals surface area contributed by atoms with E-state index in [1.807, 2.05) is 53.4 Å². The van der Waals surface area contributed by atoms with Gasteiger partial charge in [-0.05, 0) is 30.5 Å². The maximum absolute atomic E-state index is 12.7. The highest BCUT2D eigenvalue weighted by Crippen LogP contribution is 2.34. The van der Waals surface area contributed by atoms with Gasteiger partial charge in [0.25, 0.3) is 0 Å². The van der Waals surface area contributed by atoms with Crippen LogP contribution in [-0.2, 0) is 14.3 Å². The number of aromatic nitrogens is 1. The zero-order chi connectivity index (χ0) is 17.2. The number of carbonyl (C=O) groups is 2. The summed E-state index contributed by atoms with van der Waals surface area (Å²) in [4.78, 5) is 31.0. The van der Waals surface area contributed by atoms with Crippen molar-refractivity contribution in [2.24, 2.45) is 5.92 Å². The fraction of sp³-hybridized carbons (Fsp3) is 0.350. The number of hydrogen-bond donors (Lipinski definition) is 0. The van der Waals surface area contributed by atoms with E-state index in [0.29, 0.717) is 18.3 Å². The highest BCUT2D eigenvalue weighted by molar-refractivity contribution is 5.87. The maximum atomic E-state index is 12.7. The first kappa shape index (κ1) is 15.8. The van der Waals surface area contributed by atoms with E-state index >= 15 is 0 Å². The van der Waals surface area contributed by atoms with Crippen LogP contribution in [0.25, 0.3) is 0 Å². The fourth-order valence-corrected chi connectivity index (χ4v) is 3.30. The van der Waals surface area contributed by atoms with E-state index in [-0.39, 0.29) is 24.2 Å². The first-order valence-corrected chi connectivity index (χ1v) is 8.68. The molecule has 0 N–H and O–H groups in total. The predicted octanol–water partition coefficient (Wildman–Crippen LogP) is 2.73. The van der Waals surface area contributed by atoms with E-state index in [2.05, 4.69) is 4.98 Å². The Morgan fingerprint density at radius 1 is 1.12 bits per heavy atom. The Bertz CT molecular complexity index is 720. The molecule has 2 atom stereocenters. The lowest BCUT2D eigenvalue weighted by atomic mass is 10.0. The summed E-state index contributed by atoms with van der Waals surface area (Å²) in [5.74, 6) is -0.641. The van der Waals surface area contributed by atoms with Crippen molar-refractivity contribution in [3.63, 3.8) is 0 Å². The van der Waals surface area contributed by atoms with Gasteiger partial charge >= 0.3 is 5.97 Å². The van der Waals surface area contributed by atoms with Gasteiger partial charge in [0.1, 0.15) is 0 Å². The molecule has 2 heterocycles. The number of carbonyl (C=O) groups excluding carboxylic acids is 2. The summed E-state index contributed by atoms with van der Waals surface area (Å²) < 4.78 is 5.82. The van der Waals surface area contributed by atoms with Gasteiger partial charge in [0.2, 0.25) is 5.91 Å². The van der Waals surface area contributed by atoms with Crippen molar-refractivity contribution in [3.8, 4) is 0 Å². The summed E-state index contributed by atoms with van der Waals surface area (Å²) in [5, 5.41) is 0. The van der Waals surface area contributed by atoms with E-state index < -0.39 is 6.10 Å². The van der Waals surface area contributed by atoms with Crippen molar-refractivity contribution in [3.05, 3.63) is 66.0 Å². The zero-order valence-electron chi connectivity index (χ0n) is 13.9. The highest BCUT2D eigenvalue weighted by atomic mass is 16.5. The summed E-state index contributed by atoms with van der Waals surface area (Å²) >= 11 is 0. The summed E-state index contributed by atoms with van der Waals surface area (Å²) in [6.45, 7) is 0.478. The molecule has 2 aromatic rings. The van der Waals surface area contributed by atoms with Crippen molar-refractivity contribution in [2.75, 3.05) is 6.54 Å². The van der Waals surface area contributed by atoms with E-state index in [1.165, 1.54) is 0 Å². The van der Waals surface area contributed by atoms with Crippen LogP contribution in [0.2, 0.25) is 0 Å². The maximum Gasteiger partial charge on any atom is 0.312 e. The van der Waals surface area contributed by atoms with Crippen LogP contribution in [0.1, 0.15) is 36.6 Å². The lowest BCUT2D eigenvalue weighted by Gasteiger charge is -2.20. The molecule has 1 amide bonds. The molecule has 5 heteroatoms. The van der Waals surface area contributed by atoms with Crippen LogP contribution in [-0.4, -0.2) is 34.3 Å². The molecule has 2 fully saturated rings. The Hall–Kier alpha value is -2.69. The molecule has 5 nitrogen and oxygen atoms in total. The molecule has 0 radical (unpaired) electrons. The van der Waals surface area contributed by atoms with E-state index in [1.54, 1.807) is 6.20 Å². The van der Waals surface area contributed by atoms with Crippen LogP contribution in [0.4, 0.5) is 0 Å². The smallest absolute Gasteiger partial charge is 0.312 e. The van der Waals surface area contributed by atoms with Gasteiger partial charge in [0.15, 0.2) is 6.10 Å². The largest absolute Gasteiger partial charge is 0.451 e. The standard InChI is InChI=1S/C20H20N2O3/c23-18-12-15(13-22(18)16-9-10-16)20(24)25-19(14-6-2-1-3-7-14)17-8-4-5-11-21-17/h1-8,11,15-16,19H,9-10,12-13H2/t15-,19-/m0/s1. The molecule has 0 unspecified atom stereocenters. The highest BCUT2D eigenvalue weighted by Gasteiger charge is 2.43. The number of amides is 1. The van der Waals surface area contributed by atoms with Crippen LogP contribution in [0.15, 0.2) is 54.7 Å². The van der Waals surface area contributed by atoms with Gasteiger partial charge in [-0.2, -0.15) is 0 Å². The molecule has 1 aliphatic heterocycles. The number of hydrogen-bond acceptors (Lipinski definition) is 4. The monoisotopic (exact) mass is 336 g/mol. The third kappa shape index (κ3) is 3.40. The zero-order valence-corrected chi connectivity index (χ0v) is 13.9. The second-order valence-corrected chi connectivity index (χ2v) is 6.66. The topological polar surface area (TPSA) is 59.5 Å². The second-order valence-electron chi connectivity index (χ2n) is 6.66. The molecule has 1 saturated heterocycles. The Morgan fingerprint density at radius 3 is 2.56 bits per heavy atom. The minimum Gasteiger partial charge on any atom is -0.451 e. The summed E-state index contributed by atoms with van der Waals surface area (Å²) in [6, 6.07) is 15.5. The second kappa shape index (κ2) is 6.67. The molecule has 0 bridgehead atoms. The van der Waals surface area contributed by atoms with Crippen LogP contribution >= 0.6 is 0 Å². The van der Waals surface area contributed by atoms with Gasteiger partial charge in [-0.1, -0.05) is 36.4 Å². The van der Waals surface area contributed by atoms with Crippen molar-refractivity contribution in [1.82, 2.24) is 9.88 Å². The number of likely N-dealkylation sites (tertiary alicyclic amines) is 1. The Morgan fingerprint density at radius 2 is 1.88 bits per heavy atom. The Labute approximate surface area is 146 Å². The van der Waals surface area contributed by atoms with Crippen molar-refractivity contribution < 1.29 is 14.3 Å². The van der Waals surface area contributed by atoms with Crippen LogP contribution in [0, 0.1) is 5.92 Å². The normalized spacial score (nSPS) is 21.2. The molecule has 25 heavy (non-hydrogen) atoms. The summed E-state index contributed by atoms with van der Waals surface area (Å²) in [6.07, 6.45) is 3.48. The molecule has 1 saturated carbocycles. The number of benzene rings is 1. The first-order valence-electron chi connectivity index (χ1n) is 8.68. The van der Waals surface area contributed by atoms with Crippen LogP contribution in [0.3, 0.4) is 0 Å². The number of nitrogens with zero attached hydrogens (tertiary/aromatic N) is 2. The van der Waals surface area contributed by atoms with E-state index in [9.17, 15) is 9.59 Å². The molecule has 4 rings (SSSR count). The number of rotatable bonds is 5. The third-order valence-corrected chi connectivity index (χ3v) is 4.77. The van der Waals surface area contributed by atoms with Gasteiger partial charge in [0, 0.05) is 25.2 Å². The number of pyridine rings is 1. The lowest BCUT2D eigenvalue weighted by molar-refractivity contribution is -0.152. The number of esters is 1. The first-order chi connectivity index (χ1) is 12.2. The molecule has 0 spiro atoms. The quantitative estimate of drug-likeness (QED) is 0.788. The molecule has 1 aliphatic carbocycles. The minimum absolute atomic E-state index is 0.0681. The molecule has 1 aromatic carbocycles.